The van der Waals surface area contributed by atoms with Crippen LogP contribution in [0.5, 0.6) is 0 Å². The number of quaternary nitrogens is 1. The molecule has 0 spiro atoms. The fourth-order valence-electron chi connectivity index (χ4n) is 8.06. The van der Waals surface area contributed by atoms with Crippen LogP contribution in [0.3, 0.4) is 0 Å². The number of hydroxylamine groups is 3. The molecule has 2 fully saturated rings. The van der Waals surface area contributed by atoms with E-state index in [2.05, 4.69) is 6.58 Å². The van der Waals surface area contributed by atoms with E-state index in [9.17, 15) is 29.5 Å². The van der Waals surface area contributed by atoms with Gasteiger partial charge >= 0.3 is 11.9 Å². The van der Waals surface area contributed by atoms with Gasteiger partial charge < -0.3 is 62.4 Å². The van der Waals surface area contributed by atoms with E-state index in [-0.39, 0.29) is 38.1 Å². The Hall–Kier alpha value is -2.90. The van der Waals surface area contributed by atoms with Gasteiger partial charge in [0.05, 0.1) is 51.0 Å². The average Bonchev–Trinajstić information content (AvgIpc) is 3.14. The number of hydrogen-bond donors (Lipinski definition) is 1. The Bertz CT molecular complexity index is 1410. The molecule has 0 aromatic rings. The molecule has 0 aliphatic carbocycles. The van der Waals surface area contributed by atoms with Crippen LogP contribution in [0.1, 0.15) is 80.1 Å². The number of esters is 2. The van der Waals surface area contributed by atoms with E-state index in [1.807, 2.05) is 13.8 Å². The highest BCUT2D eigenvalue weighted by molar-refractivity contribution is 5.91. The molecule has 58 heavy (non-hydrogen) atoms. The molecule has 0 radical (unpaired) electrons. The maximum absolute atomic E-state index is 14.0. The first kappa shape index (κ1) is 49.5. The number of aldehydes is 1. The van der Waals surface area contributed by atoms with Gasteiger partial charge in [0, 0.05) is 45.8 Å². The first-order chi connectivity index (χ1) is 27.3. The van der Waals surface area contributed by atoms with Crippen molar-refractivity contribution in [3.63, 3.8) is 0 Å². The number of nitrogens with zero attached hydrogens (tertiary/aromatic N) is 1. The van der Waals surface area contributed by atoms with Crippen LogP contribution in [0.4, 0.5) is 0 Å². The third kappa shape index (κ3) is 13.3. The highest BCUT2D eigenvalue weighted by Crippen LogP contribution is 2.39. The van der Waals surface area contributed by atoms with Gasteiger partial charge in [-0.15, -0.1) is 6.58 Å². The Labute approximate surface area is 343 Å². The summed E-state index contributed by atoms with van der Waals surface area (Å²) in [6.07, 6.45) is -2.41. The molecule has 3 rings (SSSR count). The number of ketones is 1. The summed E-state index contributed by atoms with van der Waals surface area (Å²) in [6, 6.07) is -1.21. The number of cyclic esters (lactones) is 1. The molecule has 2 saturated heterocycles. The van der Waals surface area contributed by atoms with E-state index in [1.165, 1.54) is 27.3 Å². The minimum absolute atomic E-state index is 0.0264. The third-order valence-corrected chi connectivity index (χ3v) is 11.1. The second-order valence-corrected chi connectivity index (χ2v) is 16.2. The Kier molecular flexibility index (Phi) is 19.3. The monoisotopic (exact) mass is 825 g/mol. The summed E-state index contributed by atoms with van der Waals surface area (Å²) >= 11 is 0. The van der Waals surface area contributed by atoms with Gasteiger partial charge in [0.1, 0.15) is 42.8 Å². The van der Waals surface area contributed by atoms with Crippen molar-refractivity contribution in [2.24, 2.45) is 11.8 Å². The number of hydrogen-bond acceptors (Lipinski definition) is 15. The normalized spacial score (nSPS) is 39.6. The highest BCUT2D eigenvalue weighted by Gasteiger charge is 2.55. The van der Waals surface area contributed by atoms with Crippen molar-refractivity contribution in [1.29, 1.82) is 0 Å². The van der Waals surface area contributed by atoms with Gasteiger partial charge in [-0.2, -0.15) is 0 Å². The number of methoxy groups -OCH3 is 2. The van der Waals surface area contributed by atoms with E-state index in [4.69, 9.17) is 42.6 Å². The minimum Gasteiger partial charge on any atom is -0.633 e. The molecule has 15 atom stereocenters. The molecule has 3 aliphatic heterocycles. The zero-order valence-electron chi connectivity index (χ0n) is 35.8. The Balaban J connectivity index is 2.07. The standard InChI is InChI=1S/C42H67NO15/c1-12-21-52-40-28(6)54-34(24-42(40,7)51-11)57-37-27(5)55-41(36(48)35(37)43(8,9)49)58-38-29(19-20-44)22-25(3)30(45)18-16-14-15-17-26(4)53-33(47)23-31(39(38)50-10)56-32(46)13-2/h12,14-16,18,20,25-29,31,34-41,48H,1,13,17,19,21-24H2,2-11H3/b15-14+,18-16+/t25-,26-,27-,28+,29+,31-,34+,35-,36-,37-,38+,39+,40+,41+,42-/m1/s1. The van der Waals surface area contributed by atoms with E-state index in [0.717, 1.165) is 0 Å². The molecule has 3 aliphatic rings. The summed E-state index contributed by atoms with van der Waals surface area (Å²) in [4.78, 5) is 51.7. The summed E-state index contributed by atoms with van der Waals surface area (Å²) < 4.78 is 54.0. The number of allylic oxidation sites excluding steroid dienone is 3. The number of rotatable bonds is 14. The SMILES string of the molecule is C=CCO[C@H]1[C@H](C)O[C@@H](O[C@H]2[C@H]([N+](C)(C)[O-])[C@@H](O)[C@H](O[C@H]3[C@@H](CC=O)C[C@@H](C)C(=O)/C=C/C=C/C[C@@H](C)OC(=O)C[C@@H](OC(=O)CC)[C@@H]3OC)O[C@@H]2C)C[C@@]1(C)OC. The third-order valence-electron chi connectivity index (χ3n) is 11.1. The van der Waals surface area contributed by atoms with Crippen LogP contribution in [0.2, 0.25) is 0 Å². The van der Waals surface area contributed by atoms with Crippen LogP contribution in [0.25, 0.3) is 0 Å². The van der Waals surface area contributed by atoms with Gasteiger partial charge in [0.25, 0.3) is 0 Å². The van der Waals surface area contributed by atoms with Crippen molar-refractivity contribution < 1.29 is 71.6 Å². The topological polar surface area (TPSA) is 195 Å². The molecular formula is C42H67NO15. The number of carbonyl (C=O) groups is 4. The van der Waals surface area contributed by atoms with Gasteiger partial charge in [-0.1, -0.05) is 38.2 Å². The summed E-state index contributed by atoms with van der Waals surface area (Å²) in [5.74, 6) is -2.96. The van der Waals surface area contributed by atoms with Crippen molar-refractivity contribution in [2.75, 3.05) is 34.9 Å². The van der Waals surface area contributed by atoms with Gasteiger partial charge in [-0.25, -0.2) is 0 Å². The zero-order valence-corrected chi connectivity index (χ0v) is 35.8. The quantitative estimate of drug-likeness (QED) is 0.0871. The lowest BCUT2D eigenvalue weighted by Gasteiger charge is -2.54. The van der Waals surface area contributed by atoms with Crippen molar-refractivity contribution in [2.45, 2.75) is 159 Å². The summed E-state index contributed by atoms with van der Waals surface area (Å²) in [7, 11) is 5.63. The summed E-state index contributed by atoms with van der Waals surface area (Å²) in [6.45, 7) is 14.4. The van der Waals surface area contributed by atoms with Crippen LogP contribution in [-0.2, 0) is 61.8 Å². The Morgan fingerprint density at radius 1 is 1.07 bits per heavy atom. The van der Waals surface area contributed by atoms with E-state index < -0.39 is 114 Å². The fourth-order valence-corrected chi connectivity index (χ4v) is 8.06. The fraction of sp³-hybridized carbons (Fsp3) is 0.762. The summed E-state index contributed by atoms with van der Waals surface area (Å²) in [5.41, 5.74) is -0.841. The lowest BCUT2D eigenvalue weighted by atomic mass is 9.83. The molecule has 0 bridgehead atoms. The van der Waals surface area contributed by atoms with Crippen LogP contribution < -0.4 is 0 Å². The minimum atomic E-state index is -1.64. The number of aliphatic hydroxyl groups is 1. The van der Waals surface area contributed by atoms with Gasteiger partial charge in [-0.05, 0) is 46.1 Å². The maximum Gasteiger partial charge on any atom is 0.309 e. The van der Waals surface area contributed by atoms with Crippen LogP contribution >= 0.6 is 0 Å². The Morgan fingerprint density at radius 2 is 1.78 bits per heavy atom. The number of likely N-dealkylation sites (N-methyl/N-ethyl adjacent to an activating group) is 1. The van der Waals surface area contributed by atoms with Crippen LogP contribution in [-0.4, -0.2) is 148 Å². The molecule has 3 heterocycles. The van der Waals surface area contributed by atoms with Crippen LogP contribution in [0, 0.1) is 17.0 Å². The van der Waals surface area contributed by atoms with E-state index in [0.29, 0.717) is 12.7 Å². The molecule has 0 aromatic carbocycles. The Morgan fingerprint density at radius 3 is 2.38 bits per heavy atom. The first-order valence-electron chi connectivity index (χ1n) is 20.2. The van der Waals surface area contributed by atoms with Crippen molar-refractivity contribution in [3.05, 3.63) is 42.2 Å². The average molecular weight is 826 g/mol. The van der Waals surface area contributed by atoms with Crippen LogP contribution in [0.15, 0.2) is 37.0 Å². The summed E-state index contributed by atoms with van der Waals surface area (Å²) in [5, 5.41) is 26.1. The molecule has 0 saturated carbocycles. The zero-order chi connectivity index (χ0) is 43.4. The molecule has 0 amide bonds. The predicted molar refractivity (Wildman–Crippen MR) is 211 cm³/mol. The lowest BCUT2D eigenvalue weighted by Crippen LogP contribution is -2.69. The number of carbonyl (C=O) groups excluding carboxylic acids is 4. The van der Waals surface area contributed by atoms with E-state index >= 15 is 0 Å². The largest absolute Gasteiger partial charge is 0.633 e. The number of ether oxygens (including phenoxy) is 9. The molecule has 0 aromatic heterocycles. The van der Waals surface area contributed by atoms with Crippen molar-refractivity contribution >= 4 is 24.0 Å². The second kappa shape index (κ2) is 22.6. The maximum atomic E-state index is 14.0. The van der Waals surface area contributed by atoms with Gasteiger partial charge in [0.15, 0.2) is 24.5 Å². The molecule has 16 nitrogen and oxygen atoms in total. The smallest absolute Gasteiger partial charge is 0.309 e. The highest BCUT2D eigenvalue weighted by atomic mass is 16.7. The van der Waals surface area contributed by atoms with Gasteiger partial charge in [-0.3, -0.25) is 14.4 Å². The molecule has 330 valence electrons. The van der Waals surface area contributed by atoms with E-state index in [1.54, 1.807) is 59.1 Å². The molecular weight excluding hydrogens is 758 g/mol. The van der Waals surface area contributed by atoms with Gasteiger partial charge in [0.2, 0.25) is 0 Å². The lowest BCUT2D eigenvalue weighted by molar-refractivity contribution is -0.879. The van der Waals surface area contributed by atoms with Crippen molar-refractivity contribution in [3.8, 4) is 0 Å². The number of aliphatic hydroxyl groups excluding tert-OH is 1. The molecule has 0 unspecified atom stereocenters. The first-order valence-corrected chi connectivity index (χ1v) is 20.2. The second-order valence-electron chi connectivity index (χ2n) is 16.2. The molecule has 1 N–H and O–H groups in total. The predicted octanol–water partition coefficient (Wildman–Crippen LogP) is 3.89. The van der Waals surface area contributed by atoms with Crippen molar-refractivity contribution in [1.82, 2.24) is 0 Å². The molecule has 16 heteroatoms.